The summed E-state index contributed by atoms with van der Waals surface area (Å²) >= 11 is 10.9. The Bertz CT molecular complexity index is 108. The molecule has 1 saturated heterocycles. The Morgan fingerprint density at radius 2 is 2.25 bits per heavy atom. The molecule has 0 saturated carbocycles. The van der Waals surface area contributed by atoms with Gasteiger partial charge in [0.1, 0.15) is 4.49 Å². The molecule has 0 aromatic rings. The molecular weight excluding hydrogens is 145 g/mol. The summed E-state index contributed by atoms with van der Waals surface area (Å²) in [6.07, 6.45) is 2.15. The highest BCUT2D eigenvalue weighted by molar-refractivity contribution is 6.56. The summed E-state index contributed by atoms with van der Waals surface area (Å²) < 4.78 is 0.391. The summed E-state index contributed by atoms with van der Waals surface area (Å²) in [6, 6.07) is 0. The van der Waals surface area contributed by atoms with Gasteiger partial charge in [-0.3, -0.25) is 0 Å². The molecule has 8 heavy (non-hydrogen) atoms. The Balaban J connectivity index is 2.58. The van der Waals surface area contributed by atoms with Gasteiger partial charge in [-0.15, -0.1) is 0 Å². The average Bonchev–Trinajstić information content (AvgIpc) is 2.12. The van der Waals surface area contributed by atoms with Gasteiger partial charge in [0.15, 0.2) is 0 Å². The SMILES string of the molecule is ClC(Cl)=C1CCCN1. The first-order chi connectivity index (χ1) is 3.80. The first-order valence-electron chi connectivity index (χ1n) is 2.59. The van der Waals surface area contributed by atoms with Gasteiger partial charge in [-0.1, -0.05) is 23.2 Å². The number of rotatable bonds is 0. The van der Waals surface area contributed by atoms with Crippen molar-refractivity contribution >= 4 is 23.2 Å². The number of hydrogen-bond acceptors (Lipinski definition) is 1. The molecule has 1 N–H and O–H groups in total. The Morgan fingerprint density at radius 1 is 1.50 bits per heavy atom. The molecule has 0 aromatic carbocycles. The zero-order valence-electron chi connectivity index (χ0n) is 4.38. The lowest BCUT2D eigenvalue weighted by Crippen LogP contribution is -2.03. The Labute approximate surface area is 58.7 Å². The van der Waals surface area contributed by atoms with E-state index in [0.717, 1.165) is 25.1 Å². The van der Waals surface area contributed by atoms with Crippen LogP contribution in [0.1, 0.15) is 12.8 Å². The normalized spacial score (nSPS) is 18.5. The Morgan fingerprint density at radius 3 is 2.50 bits per heavy atom. The van der Waals surface area contributed by atoms with Gasteiger partial charge in [0.25, 0.3) is 0 Å². The van der Waals surface area contributed by atoms with Crippen LogP contribution in [0.4, 0.5) is 0 Å². The van der Waals surface area contributed by atoms with Crippen molar-refractivity contribution in [2.45, 2.75) is 12.8 Å². The van der Waals surface area contributed by atoms with E-state index >= 15 is 0 Å². The highest BCUT2D eigenvalue weighted by atomic mass is 35.5. The van der Waals surface area contributed by atoms with E-state index in [-0.39, 0.29) is 0 Å². The van der Waals surface area contributed by atoms with E-state index < -0.39 is 0 Å². The van der Waals surface area contributed by atoms with Gasteiger partial charge in [-0.05, 0) is 12.8 Å². The smallest absolute Gasteiger partial charge is 0.125 e. The van der Waals surface area contributed by atoms with Gasteiger partial charge in [0.05, 0.1) is 0 Å². The van der Waals surface area contributed by atoms with Crippen LogP contribution in [0.2, 0.25) is 0 Å². The largest absolute Gasteiger partial charge is 0.386 e. The van der Waals surface area contributed by atoms with E-state index in [1.165, 1.54) is 0 Å². The van der Waals surface area contributed by atoms with Gasteiger partial charge in [0.2, 0.25) is 0 Å². The fourth-order valence-corrected chi connectivity index (χ4v) is 1.08. The van der Waals surface area contributed by atoms with Crippen LogP contribution in [0.3, 0.4) is 0 Å². The monoisotopic (exact) mass is 151 g/mol. The van der Waals surface area contributed by atoms with Gasteiger partial charge in [-0.25, -0.2) is 0 Å². The molecule has 0 bridgehead atoms. The quantitative estimate of drug-likeness (QED) is 0.559. The predicted molar refractivity (Wildman–Crippen MR) is 36.0 cm³/mol. The molecule has 0 aliphatic carbocycles. The lowest BCUT2D eigenvalue weighted by molar-refractivity contribution is 0.903. The van der Waals surface area contributed by atoms with E-state index in [4.69, 9.17) is 23.2 Å². The summed E-state index contributed by atoms with van der Waals surface area (Å²) in [5.74, 6) is 0. The maximum atomic E-state index is 5.47. The lowest BCUT2D eigenvalue weighted by Gasteiger charge is -1.94. The highest BCUT2D eigenvalue weighted by Gasteiger charge is 2.07. The molecule has 1 heterocycles. The summed E-state index contributed by atoms with van der Waals surface area (Å²) in [7, 11) is 0. The maximum Gasteiger partial charge on any atom is 0.125 e. The molecule has 0 radical (unpaired) electrons. The molecule has 0 atom stereocenters. The number of allylic oxidation sites excluding steroid dienone is 1. The van der Waals surface area contributed by atoms with Crippen molar-refractivity contribution in [3.8, 4) is 0 Å². The fourth-order valence-electron chi connectivity index (χ4n) is 0.754. The summed E-state index contributed by atoms with van der Waals surface area (Å²) in [5, 5.41) is 3.07. The van der Waals surface area contributed by atoms with Crippen LogP contribution >= 0.6 is 23.2 Å². The second-order valence-corrected chi connectivity index (χ2v) is 2.72. The van der Waals surface area contributed by atoms with Crippen LogP contribution in [0.15, 0.2) is 10.2 Å². The minimum absolute atomic E-state index is 0.391. The van der Waals surface area contributed by atoms with Crippen molar-refractivity contribution in [1.29, 1.82) is 0 Å². The van der Waals surface area contributed by atoms with Crippen LogP contribution < -0.4 is 5.32 Å². The van der Waals surface area contributed by atoms with Crippen LogP contribution in [0.25, 0.3) is 0 Å². The van der Waals surface area contributed by atoms with Crippen molar-refractivity contribution in [3.05, 3.63) is 10.2 Å². The number of hydrogen-bond donors (Lipinski definition) is 1. The van der Waals surface area contributed by atoms with Gasteiger partial charge in [0, 0.05) is 12.2 Å². The third-order valence-electron chi connectivity index (χ3n) is 1.17. The molecule has 1 rings (SSSR count). The average molecular weight is 152 g/mol. The molecule has 1 aliphatic heterocycles. The van der Waals surface area contributed by atoms with Crippen molar-refractivity contribution in [2.24, 2.45) is 0 Å². The minimum Gasteiger partial charge on any atom is -0.386 e. The second kappa shape index (κ2) is 2.60. The van der Waals surface area contributed by atoms with Gasteiger partial charge >= 0.3 is 0 Å². The van der Waals surface area contributed by atoms with Crippen molar-refractivity contribution in [2.75, 3.05) is 6.54 Å². The topological polar surface area (TPSA) is 12.0 Å². The van der Waals surface area contributed by atoms with Gasteiger partial charge in [-0.2, -0.15) is 0 Å². The molecular formula is C5H7Cl2N. The molecule has 0 aromatic heterocycles. The Kier molecular flexibility index (Phi) is 2.03. The molecule has 0 amide bonds. The third kappa shape index (κ3) is 1.30. The highest BCUT2D eigenvalue weighted by Crippen LogP contribution is 2.19. The molecule has 1 fully saturated rings. The van der Waals surface area contributed by atoms with E-state index in [2.05, 4.69) is 5.32 Å². The standard InChI is InChI=1S/C5H7Cl2N/c6-5(7)4-2-1-3-8-4/h8H,1-3H2. The molecule has 3 heteroatoms. The Hall–Kier alpha value is 0.120. The number of halogens is 2. The van der Waals surface area contributed by atoms with E-state index in [1.807, 2.05) is 0 Å². The molecule has 46 valence electrons. The van der Waals surface area contributed by atoms with Crippen LogP contribution in [0.5, 0.6) is 0 Å². The number of nitrogens with one attached hydrogen (secondary N) is 1. The van der Waals surface area contributed by atoms with E-state index in [0.29, 0.717) is 4.49 Å². The predicted octanol–water partition coefficient (Wildman–Crippen LogP) is 2.02. The molecule has 0 spiro atoms. The maximum absolute atomic E-state index is 5.47. The summed E-state index contributed by atoms with van der Waals surface area (Å²) in [4.78, 5) is 0. The minimum atomic E-state index is 0.391. The summed E-state index contributed by atoms with van der Waals surface area (Å²) in [5.41, 5.74) is 0.994. The third-order valence-corrected chi connectivity index (χ3v) is 1.63. The van der Waals surface area contributed by atoms with Crippen LogP contribution in [-0.4, -0.2) is 6.54 Å². The molecule has 1 nitrogen and oxygen atoms in total. The lowest BCUT2D eigenvalue weighted by atomic mass is 10.3. The van der Waals surface area contributed by atoms with Crippen molar-refractivity contribution in [1.82, 2.24) is 5.32 Å². The second-order valence-electron chi connectivity index (χ2n) is 1.77. The first kappa shape index (κ1) is 6.24. The molecule has 0 unspecified atom stereocenters. The van der Waals surface area contributed by atoms with Crippen LogP contribution in [0, 0.1) is 0 Å². The fraction of sp³-hybridized carbons (Fsp3) is 0.600. The van der Waals surface area contributed by atoms with Crippen molar-refractivity contribution < 1.29 is 0 Å². The summed E-state index contributed by atoms with van der Waals surface area (Å²) in [6.45, 7) is 1.01. The van der Waals surface area contributed by atoms with E-state index in [1.54, 1.807) is 0 Å². The zero-order chi connectivity index (χ0) is 5.98. The molecule has 1 aliphatic rings. The van der Waals surface area contributed by atoms with E-state index in [9.17, 15) is 0 Å². The van der Waals surface area contributed by atoms with Gasteiger partial charge < -0.3 is 5.32 Å². The van der Waals surface area contributed by atoms with Crippen molar-refractivity contribution in [3.63, 3.8) is 0 Å². The first-order valence-corrected chi connectivity index (χ1v) is 3.34. The van der Waals surface area contributed by atoms with Crippen LogP contribution in [-0.2, 0) is 0 Å². The zero-order valence-corrected chi connectivity index (χ0v) is 5.89.